The fourth-order valence-corrected chi connectivity index (χ4v) is 8.06. The summed E-state index contributed by atoms with van der Waals surface area (Å²) in [6.07, 6.45) is 6.26. The first-order valence-electron chi connectivity index (χ1n) is 25.2. The first kappa shape index (κ1) is 61.2. The van der Waals surface area contributed by atoms with Crippen molar-refractivity contribution in [2.24, 2.45) is 34.5 Å². The lowest BCUT2D eigenvalue weighted by molar-refractivity contribution is -0.136. The minimum Gasteiger partial charge on any atom is -0.315 e. The maximum atomic E-state index is 12.4. The Labute approximate surface area is 426 Å². The van der Waals surface area contributed by atoms with E-state index in [0.29, 0.717) is 68.6 Å². The summed E-state index contributed by atoms with van der Waals surface area (Å²) in [5.74, 6) is 1.74. The SMILES string of the molecule is C.CC(C)CC(=O)C1(C(=O)Cc2ccccc2)CC1.CC(C)CC(=O)CC(=O)Cc1ccccc1.CC(C)CC(=O)CC(=O)N(C)c1ccccc1.Cc1ccc(CC(=O)C2(C(=O)CC(C)C)CC2)cc1. The molecule has 9 nitrogen and oxygen atoms in total. The number of aryl methyl sites for hydroxylation is 1. The van der Waals surface area contributed by atoms with Crippen LogP contribution in [0.2, 0.25) is 0 Å². The molecule has 0 bridgehead atoms. The lowest BCUT2D eigenvalue weighted by atomic mass is 9.87. The number of Topliss-reactive ketones (excluding diaryl/α,β-unsaturated/α-hetero) is 7. The van der Waals surface area contributed by atoms with Gasteiger partial charge in [-0.1, -0.05) is 172 Å². The molecule has 2 aliphatic carbocycles. The van der Waals surface area contributed by atoms with Crippen LogP contribution in [0, 0.1) is 41.4 Å². The summed E-state index contributed by atoms with van der Waals surface area (Å²) in [5.41, 5.74) is 3.74. The molecule has 4 aromatic rings. The Hall–Kier alpha value is -5.96. The van der Waals surface area contributed by atoms with E-state index in [9.17, 15) is 38.4 Å². The molecule has 71 heavy (non-hydrogen) atoms. The van der Waals surface area contributed by atoms with Crippen LogP contribution in [0.4, 0.5) is 5.69 Å². The van der Waals surface area contributed by atoms with Crippen molar-refractivity contribution in [3.63, 3.8) is 0 Å². The Morgan fingerprint density at radius 1 is 0.423 bits per heavy atom. The number of para-hydroxylation sites is 1. The van der Waals surface area contributed by atoms with Gasteiger partial charge in [-0.25, -0.2) is 0 Å². The van der Waals surface area contributed by atoms with Gasteiger partial charge in [0.2, 0.25) is 5.91 Å². The fourth-order valence-electron chi connectivity index (χ4n) is 8.06. The molecule has 384 valence electrons. The van der Waals surface area contributed by atoms with Crippen LogP contribution < -0.4 is 4.90 Å². The number of anilines is 1. The van der Waals surface area contributed by atoms with Crippen molar-refractivity contribution in [2.45, 2.75) is 153 Å². The van der Waals surface area contributed by atoms with Crippen LogP contribution in [0.1, 0.15) is 149 Å². The van der Waals surface area contributed by atoms with Crippen LogP contribution in [0.3, 0.4) is 0 Å². The molecule has 0 aliphatic heterocycles. The predicted molar refractivity (Wildman–Crippen MR) is 287 cm³/mol. The van der Waals surface area contributed by atoms with Gasteiger partial charge in [0.05, 0.1) is 23.7 Å². The van der Waals surface area contributed by atoms with E-state index in [1.54, 1.807) is 7.05 Å². The summed E-state index contributed by atoms with van der Waals surface area (Å²) in [4.78, 5) is 97.0. The summed E-state index contributed by atoms with van der Waals surface area (Å²) in [7, 11) is 1.69. The van der Waals surface area contributed by atoms with Gasteiger partial charge in [0, 0.05) is 57.7 Å². The second-order valence-electron chi connectivity index (χ2n) is 21.0. The normalized spacial score (nSPS) is 13.4. The van der Waals surface area contributed by atoms with Crippen molar-refractivity contribution in [3.05, 3.63) is 138 Å². The van der Waals surface area contributed by atoms with Gasteiger partial charge in [-0.2, -0.15) is 0 Å². The topological polar surface area (TPSA) is 140 Å². The maximum Gasteiger partial charge on any atom is 0.234 e. The van der Waals surface area contributed by atoms with Crippen LogP contribution in [-0.2, 0) is 57.6 Å². The van der Waals surface area contributed by atoms with Crippen LogP contribution in [0.15, 0.2) is 115 Å². The Kier molecular flexibility index (Phi) is 25.9. The Morgan fingerprint density at radius 3 is 1.13 bits per heavy atom. The first-order valence-corrected chi connectivity index (χ1v) is 25.2. The lowest BCUT2D eigenvalue weighted by Crippen LogP contribution is -2.28. The Bertz CT molecular complexity index is 2320. The Morgan fingerprint density at radius 2 is 0.761 bits per heavy atom. The molecule has 0 radical (unpaired) electrons. The van der Waals surface area contributed by atoms with Crippen molar-refractivity contribution < 1.29 is 38.4 Å². The molecule has 0 atom stereocenters. The minimum atomic E-state index is -0.630. The summed E-state index contributed by atoms with van der Waals surface area (Å²) >= 11 is 0. The minimum absolute atomic E-state index is 0. The van der Waals surface area contributed by atoms with Gasteiger partial charge >= 0.3 is 0 Å². The number of hydrogen-bond acceptors (Lipinski definition) is 8. The van der Waals surface area contributed by atoms with E-state index >= 15 is 0 Å². The highest BCUT2D eigenvalue weighted by atomic mass is 16.2. The summed E-state index contributed by atoms with van der Waals surface area (Å²) < 4.78 is 0. The monoisotopic (exact) mass is 970 g/mol. The van der Waals surface area contributed by atoms with Gasteiger partial charge in [-0.05, 0) is 85.1 Å². The van der Waals surface area contributed by atoms with Crippen LogP contribution >= 0.6 is 0 Å². The van der Waals surface area contributed by atoms with Crippen LogP contribution in [-0.4, -0.2) is 53.4 Å². The zero-order chi connectivity index (χ0) is 52.0. The van der Waals surface area contributed by atoms with E-state index in [1.165, 1.54) is 10.5 Å². The molecule has 2 fully saturated rings. The number of carbonyl (C=O) groups is 8. The third-order valence-electron chi connectivity index (χ3n) is 12.3. The van der Waals surface area contributed by atoms with E-state index < -0.39 is 10.8 Å². The van der Waals surface area contributed by atoms with E-state index in [4.69, 9.17) is 0 Å². The predicted octanol–water partition coefficient (Wildman–Crippen LogP) is 12.8. The Balaban J connectivity index is 0.000000324. The average Bonchev–Trinajstić information content (AvgIpc) is 4.23. The van der Waals surface area contributed by atoms with E-state index in [0.717, 1.165) is 48.1 Å². The highest BCUT2D eigenvalue weighted by Gasteiger charge is 2.55. The van der Waals surface area contributed by atoms with Crippen molar-refractivity contribution in [2.75, 3.05) is 11.9 Å². The summed E-state index contributed by atoms with van der Waals surface area (Å²) in [5, 5.41) is 0. The third kappa shape index (κ3) is 21.9. The maximum absolute atomic E-state index is 12.4. The molecule has 4 aromatic carbocycles. The number of amides is 1. The van der Waals surface area contributed by atoms with Crippen molar-refractivity contribution in [3.8, 4) is 0 Å². The van der Waals surface area contributed by atoms with Gasteiger partial charge in [0.1, 0.15) is 28.9 Å². The lowest BCUT2D eigenvalue weighted by Gasteiger charge is -2.17. The van der Waals surface area contributed by atoms with E-state index in [-0.39, 0.29) is 66.7 Å². The molecule has 1 amide bonds. The molecule has 2 saturated carbocycles. The highest BCUT2D eigenvalue weighted by Crippen LogP contribution is 2.50. The zero-order valence-corrected chi connectivity index (χ0v) is 43.7. The standard InChI is InChI=1S/C17H22O2.C16H20O2.C14H19NO2.C14H18O2.CH4/c1-12(2)10-15(18)17(8-9-17)16(19)11-14-6-4-13(3)5-7-14;1-12(2)10-14(17)16(8-9-16)15(18)11-13-6-4-3-5-7-13;1-11(2)9-13(16)10-14(17)15(3)12-7-5-4-6-8-12;1-11(2)8-13(15)10-14(16)9-12-6-4-3-5-7-12;/h4-7,12H,8-11H2,1-3H3;3-7,12H,8-11H2,1-2H3;4-8,11H,9-10H2,1-3H3;3-7,11H,8-10H2,1-2H3;1H4. The molecule has 0 saturated heterocycles. The second kappa shape index (κ2) is 30.0. The van der Waals surface area contributed by atoms with Crippen LogP contribution in [0.25, 0.3) is 0 Å². The fraction of sp³-hybridized carbons (Fsp3) is 0.484. The molecule has 0 heterocycles. The molecule has 2 aliphatic rings. The van der Waals surface area contributed by atoms with Gasteiger partial charge in [0.15, 0.2) is 11.6 Å². The number of benzene rings is 4. The van der Waals surface area contributed by atoms with Crippen molar-refractivity contribution in [1.29, 1.82) is 0 Å². The molecular formula is C62H83NO8. The summed E-state index contributed by atoms with van der Waals surface area (Å²) in [6.45, 7) is 18.0. The number of rotatable bonds is 23. The largest absolute Gasteiger partial charge is 0.315 e. The molecule has 0 unspecified atom stereocenters. The molecule has 0 aromatic heterocycles. The molecule has 9 heteroatoms. The third-order valence-corrected chi connectivity index (χ3v) is 12.3. The number of nitrogens with zero attached hydrogens (tertiary/aromatic N) is 1. The van der Waals surface area contributed by atoms with Crippen molar-refractivity contribution in [1.82, 2.24) is 0 Å². The first-order chi connectivity index (χ1) is 33.1. The highest BCUT2D eigenvalue weighted by molar-refractivity contribution is 6.11. The zero-order valence-electron chi connectivity index (χ0n) is 43.7. The van der Waals surface area contributed by atoms with E-state index in [2.05, 4.69) is 0 Å². The molecule has 0 spiro atoms. The van der Waals surface area contributed by atoms with Gasteiger partial charge in [-0.15, -0.1) is 0 Å². The van der Waals surface area contributed by atoms with Crippen molar-refractivity contribution >= 4 is 52.1 Å². The van der Waals surface area contributed by atoms with E-state index in [1.807, 2.05) is 178 Å². The second-order valence-corrected chi connectivity index (χ2v) is 21.0. The molecular weight excluding hydrogens is 887 g/mol. The van der Waals surface area contributed by atoms with Crippen LogP contribution in [0.5, 0.6) is 0 Å². The summed E-state index contributed by atoms with van der Waals surface area (Å²) in [6, 6.07) is 36.5. The molecule has 6 rings (SSSR count). The van der Waals surface area contributed by atoms with Gasteiger partial charge in [-0.3, -0.25) is 38.4 Å². The van der Waals surface area contributed by atoms with Gasteiger partial charge in [0.25, 0.3) is 0 Å². The number of ketones is 7. The number of hydrogen-bond donors (Lipinski definition) is 0. The van der Waals surface area contributed by atoms with Gasteiger partial charge < -0.3 is 4.90 Å². The average molecular weight is 970 g/mol. The quantitative estimate of drug-likeness (QED) is 0.0669. The smallest absolute Gasteiger partial charge is 0.234 e. The number of carbonyl (C=O) groups excluding carboxylic acids is 8. The molecule has 0 N–H and O–H groups in total.